The summed E-state index contributed by atoms with van der Waals surface area (Å²) in [5.41, 5.74) is 16.4. The number of nitrogen functional groups attached to an aromatic ring is 2. The minimum absolute atomic E-state index is 0.0154. The Morgan fingerprint density at radius 1 is 1.00 bits per heavy atom. The molecule has 38 heavy (non-hydrogen) atoms. The van der Waals surface area contributed by atoms with Crippen LogP contribution in [0.4, 0.5) is 11.5 Å². The first-order chi connectivity index (χ1) is 18.2. The van der Waals surface area contributed by atoms with E-state index in [1.807, 2.05) is 56.3 Å². The van der Waals surface area contributed by atoms with Gasteiger partial charge in [-0.2, -0.15) is 0 Å². The maximum atomic E-state index is 13.4. The molecule has 0 radical (unpaired) electrons. The number of hydrogen-bond acceptors (Lipinski definition) is 6. The van der Waals surface area contributed by atoms with Crippen LogP contribution >= 0.6 is 0 Å². The van der Waals surface area contributed by atoms with Gasteiger partial charge in [0.1, 0.15) is 12.4 Å². The molecule has 0 spiro atoms. The molecule has 4 rings (SSSR count). The van der Waals surface area contributed by atoms with Crippen molar-refractivity contribution >= 4 is 23.2 Å². The lowest BCUT2D eigenvalue weighted by Crippen LogP contribution is -2.35. The van der Waals surface area contributed by atoms with Gasteiger partial charge in [0.15, 0.2) is 5.82 Å². The lowest BCUT2D eigenvalue weighted by molar-refractivity contribution is -0.121. The number of nitrogens with one attached hydrogen (secondary N) is 3. The van der Waals surface area contributed by atoms with E-state index in [0.717, 1.165) is 16.7 Å². The third-order valence-corrected chi connectivity index (χ3v) is 5.89. The molecule has 0 saturated heterocycles. The molecule has 0 atom stereocenters. The Labute approximate surface area is 221 Å². The van der Waals surface area contributed by atoms with Crippen molar-refractivity contribution in [3.05, 3.63) is 100 Å². The van der Waals surface area contributed by atoms with Crippen LogP contribution in [0.1, 0.15) is 25.0 Å². The van der Waals surface area contributed by atoms with Gasteiger partial charge < -0.3 is 22.1 Å². The summed E-state index contributed by atoms with van der Waals surface area (Å²) in [6, 6.07) is 22.4. The maximum absolute atomic E-state index is 13.4. The van der Waals surface area contributed by atoms with Crippen LogP contribution < -0.4 is 27.7 Å². The Morgan fingerprint density at radius 3 is 2.34 bits per heavy atom. The number of aromatic nitrogens is 2. The predicted molar refractivity (Wildman–Crippen MR) is 152 cm³/mol. The summed E-state index contributed by atoms with van der Waals surface area (Å²) in [5, 5.41) is 13.4. The number of carbonyl (C=O) groups excluding carboxylic acids is 1. The van der Waals surface area contributed by atoms with Crippen LogP contribution in [0.3, 0.4) is 0 Å². The number of benzene rings is 3. The number of amidine groups is 1. The van der Waals surface area contributed by atoms with Crippen LogP contribution in [-0.2, 0) is 17.9 Å². The van der Waals surface area contributed by atoms with E-state index in [4.69, 9.17) is 16.9 Å². The van der Waals surface area contributed by atoms with Crippen molar-refractivity contribution in [2.45, 2.75) is 33.0 Å². The summed E-state index contributed by atoms with van der Waals surface area (Å²) < 4.78 is 1.41. The largest absolute Gasteiger partial charge is 0.399 e. The fourth-order valence-electron chi connectivity index (χ4n) is 4.05. The number of carbonyl (C=O) groups is 1. The molecule has 7 N–H and O–H groups in total. The van der Waals surface area contributed by atoms with Crippen molar-refractivity contribution in [3.63, 3.8) is 0 Å². The quantitative estimate of drug-likeness (QED) is 0.132. The number of anilines is 2. The number of nitrogens with zero attached hydrogens (tertiary/aromatic N) is 2. The maximum Gasteiger partial charge on any atom is 0.294 e. The van der Waals surface area contributed by atoms with Crippen LogP contribution in [-0.4, -0.2) is 27.3 Å². The molecule has 1 amide bonds. The third-order valence-electron chi connectivity index (χ3n) is 5.89. The SMILES string of the molecule is CC(C)Nc1ncc(-c2cc(N)cc(-c3ccccc3)c2)n(CC(=O)NCc2ccc(C(=N)N)cc2)c1=O. The van der Waals surface area contributed by atoms with Gasteiger partial charge in [0.05, 0.1) is 11.9 Å². The lowest BCUT2D eigenvalue weighted by atomic mass is 10.0. The number of nitrogens with two attached hydrogens (primary N) is 2. The first-order valence-electron chi connectivity index (χ1n) is 12.2. The van der Waals surface area contributed by atoms with Gasteiger partial charge in [-0.1, -0.05) is 54.6 Å². The molecule has 194 valence electrons. The van der Waals surface area contributed by atoms with Crippen molar-refractivity contribution < 1.29 is 4.79 Å². The molecule has 9 heteroatoms. The highest BCUT2D eigenvalue weighted by molar-refractivity contribution is 5.94. The molecule has 3 aromatic carbocycles. The smallest absolute Gasteiger partial charge is 0.294 e. The Bertz CT molecular complexity index is 1510. The summed E-state index contributed by atoms with van der Waals surface area (Å²) in [4.78, 5) is 30.8. The van der Waals surface area contributed by atoms with E-state index in [9.17, 15) is 9.59 Å². The van der Waals surface area contributed by atoms with Gasteiger partial charge in [-0.05, 0) is 48.7 Å². The van der Waals surface area contributed by atoms with E-state index in [1.165, 1.54) is 4.57 Å². The Hall–Kier alpha value is -4.92. The molecule has 0 bridgehead atoms. The summed E-state index contributed by atoms with van der Waals surface area (Å²) in [6.45, 7) is 3.88. The zero-order chi connectivity index (χ0) is 27.2. The normalized spacial score (nSPS) is 10.8. The van der Waals surface area contributed by atoms with Crippen molar-refractivity contribution in [1.82, 2.24) is 14.9 Å². The monoisotopic (exact) mass is 509 g/mol. The molecule has 4 aromatic rings. The average Bonchev–Trinajstić information content (AvgIpc) is 2.90. The molecular formula is C29H31N7O2. The molecule has 0 unspecified atom stereocenters. The average molecular weight is 510 g/mol. The third kappa shape index (κ3) is 6.25. The van der Waals surface area contributed by atoms with E-state index >= 15 is 0 Å². The summed E-state index contributed by atoms with van der Waals surface area (Å²) >= 11 is 0. The van der Waals surface area contributed by atoms with E-state index in [1.54, 1.807) is 36.5 Å². The van der Waals surface area contributed by atoms with E-state index in [2.05, 4.69) is 15.6 Å². The zero-order valence-electron chi connectivity index (χ0n) is 21.4. The number of rotatable bonds is 9. The Kier molecular flexibility index (Phi) is 7.86. The fourth-order valence-corrected chi connectivity index (χ4v) is 4.05. The van der Waals surface area contributed by atoms with E-state index in [-0.39, 0.29) is 36.7 Å². The van der Waals surface area contributed by atoms with Crippen molar-refractivity contribution in [2.24, 2.45) is 5.73 Å². The van der Waals surface area contributed by atoms with Crippen molar-refractivity contribution in [3.8, 4) is 22.4 Å². The molecule has 9 nitrogen and oxygen atoms in total. The second-order valence-corrected chi connectivity index (χ2v) is 9.28. The van der Waals surface area contributed by atoms with Gasteiger partial charge in [-0.15, -0.1) is 0 Å². The first-order valence-corrected chi connectivity index (χ1v) is 12.2. The Morgan fingerprint density at radius 2 is 1.68 bits per heavy atom. The molecule has 0 saturated carbocycles. The lowest BCUT2D eigenvalue weighted by Gasteiger charge is -2.17. The van der Waals surface area contributed by atoms with Crippen LogP contribution in [0.25, 0.3) is 22.4 Å². The van der Waals surface area contributed by atoms with Crippen LogP contribution in [0.2, 0.25) is 0 Å². The summed E-state index contributed by atoms with van der Waals surface area (Å²) in [7, 11) is 0. The fraction of sp³-hybridized carbons (Fsp3) is 0.172. The highest BCUT2D eigenvalue weighted by Gasteiger charge is 2.17. The highest BCUT2D eigenvalue weighted by Crippen LogP contribution is 2.29. The number of hydrogen-bond donors (Lipinski definition) is 5. The molecule has 1 aromatic heterocycles. The topological polar surface area (TPSA) is 152 Å². The molecule has 0 aliphatic heterocycles. The van der Waals surface area contributed by atoms with Crippen LogP contribution in [0, 0.1) is 5.41 Å². The van der Waals surface area contributed by atoms with Gasteiger partial charge in [0, 0.05) is 29.4 Å². The van der Waals surface area contributed by atoms with Crippen LogP contribution in [0.5, 0.6) is 0 Å². The minimum Gasteiger partial charge on any atom is -0.399 e. The highest BCUT2D eigenvalue weighted by atomic mass is 16.2. The van der Waals surface area contributed by atoms with Gasteiger partial charge in [-0.25, -0.2) is 4.98 Å². The first kappa shape index (κ1) is 26.2. The second-order valence-electron chi connectivity index (χ2n) is 9.28. The van der Waals surface area contributed by atoms with Gasteiger partial charge in [-0.3, -0.25) is 19.6 Å². The molecule has 0 aliphatic carbocycles. The van der Waals surface area contributed by atoms with Gasteiger partial charge in [0.2, 0.25) is 5.91 Å². The molecule has 0 aliphatic rings. The second kappa shape index (κ2) is 11.4. The molecule has 0 fully saturated rings. The summed E-state index contributed by atoms with van der Waals surface area (Å²) in [5.74, 6) is -0.186. The Balaban J connectivity index is 1.66. The van der Waals surface area contributed by atoms with E-state index in [0.29, 0.717) is 22.5 Å². The standard InChI is InChI=1S/C29H31N7O2/c1-18(2)35-28-29(38)36(17-26(37)33-15-19-8-10-21(11-9-19)27(31)32)25(16-34-28)23-12-22(13-24(30)14-23)20-6-4-3-5-7-20/h3-14,16,18H,15,17,30H2,1-2H3,(H3,31,32)(H,33,37)(H,34,35). The van der Waals surface area contributed by atoms with Crippen LogP contribution in [0.15, 0.2) is 83.8 Å². The summed E-state index contributed by atoms with van der Waals surface area (Å²) in [6.07, 6.45) is 1.59. The zero-order valence-corrected chi connectivity index (χ0v) is 21.4. The van der Waals surface area contributed by atoms with E-state index < -0.39 is 5.56 Å². The number of amides is 1. The molecular weight excluding hydrogens is 478 g/mol. The molecule has 1 heterocycles. The van der Waals surface area contributed by atoms with Crippen molar-refractivity contribution in [2.75, 3.05) is 11.1 Å². The predicted octanol–water partition coefficient (Wildman–Crippen LogP) is 3.58. The minimum atomic E-state index is -0.402. The van der Waals surface area contributed by atoms with Crippen molar-refractivity contribution in [1.29, 1.82) is 5.41 Å². The van der Waals surface area contributed by atoms with Gasteiger partial charge in [0.25, 0.3) is 5.56 Å². The van der Waals surface area contributed by atoms with Gasteiger partial charge >= 0.3 is 0 Å².